The van der Waals surface area contributed by atoms with Crippen LogP contribution in [0.3, 0.4) is 0 Å². The first-order chi connectivity index (χ1) is 6.39. The molecule has 4 heteroatoms. The van der Waals surface area contributed by atoms with Gasteiger partial charge in [0.25, 0.3) is 0 Å². The topological polar surface area (TPSA) is 72.0 Å². The molecule has 1 N–H and O–H groups in total. The highest BCUT2D eigenvalue weighted by atomic mass is 14.9. The summed E-state index contributed by atoms with van der Waals surface area (Å²) in [5, 5.41) is 17.6. The Morgan fingerprint density at radius 1 is 1.36 bits per heavy atom. The van der Waals surface area contributed by atoms with Gasteiger partial charge in [-0.05, 0) is 34.7 Å². The fourth-order valence-corrected chi connectivity index (χ4v) is 0.0559. The minimum Gasteiger partial charge on any atom is -0.303 e. The van der Waals surface area contributed by atoms with Crippen molar-refractivity contribution >= 4 is 5.71 Å². The van der Waals surface area contributed by atoms with Gasteiger partial charge in [-0.3, -0.25) is 4.99 Å². The van der Waals surface area contributed by atoms with E-state index in [9.17, 15) is 0 Å². The van der Waals surface area contributed by atoms with Crippen molar-refractivity contribution in [1.82, 2.24) is 5.32 Å². The molecule has 0 saturated carbocycles. The van der Waals surface area contributed by atoms with E-state index in [0.717, 1.165) is 5.71 Å². The summed E-state index contributed by atoms with van der Waals surface area (Å²) in [6.45, 7) is 11.1. The van der Waals surface area contributed by atoms with Gasteiger partial charge in [0.05, 0.1) is 6.07 Å². The lowest BCUT2D eigenvalue weighted by Gasteiger charge is -2.11. The minimum absolute atomic E-state index is 0.361. The maximum Gasteiger partial charge on any atom is 0.100 e. The van der Waals surface area contributed by atoms with Crippen LogP contribution in [0, 0.1) is 23.2 Å². The molecule has 0 bridgehead atoms. The Kier molecular flexibility index (Phi) is 15.3. The summed E-state index contributed by atoms with van der Waals surface area (Å²) in [5.74, 6) is 0. The molecule has 80 valence electrons. The standard InChI is InChI=1S/C5H10N2.C4H9N.CHN/c1-5(2,4-6)7-3;1-4(2)5-3;1-2/h7H,1-3H3;1-3H3;1H. The Labute approximate surface area is 87.3 Å². The predicted molar refractivity (Wildman–Crippen MR) is 60.1 cm³/mol. The van der Waals surface area contributed by atoms with Crippen molar-refractivity contribution in [3.8, 4) is 12.6 Å². The maximum atomic E-state index is 8.28. The first kappa shape index (κ1) is 18.4. The lowest BCUT2D eigenvalue weighted by molar-refractivity contribution is 0.541. The summed E-state index contributed by atoms with van der Waals surface area (Å²) in [6.07, 6.45) is 0. The highest BCUT2D eigenvalue weighted by Gasteiger charge is 2.10. The maximum absolute atomic E-state index is 8.28. The lowest BCUT2D eigenvalue weighted by Crippen LogP contribution is -2.33. The summed E-state index contributed by atoms with van der Waals surface area (Å²) in [4.78, 5) is 3.81. The normalized spacial score (nSPS) is 7.93. The second kappa shape index (κ2) is 11.6. The van der Waals surface area contributed by atoms with Gasteiger partial charge in [0.15, 0.2) is 0 Å². The molecule has 0 fully saturated rings. The molecule has 0 aliphatic carbocycles. The Morgan fingerprint density at radius 2 is 1.64 bits per heavy atom. The van der Waals surface area contributed by atoms with Crippen LogP contribution in [0.15, 0.2) is 4.99 Å². The number of hydrogen-bond donors (Lipinski definition) is 1. The van der Waals surface area contributed by atoms with Gasteiger partial charge in [0.1, 0.15) is 5.54 Å². The molecule has 14 heavy (non-hydrogen) atoms. The van der Waals surface area contributed by atoms with E-state index in [4.69, 9.17) is 10.5 Å². The fourth-order valence-electron chi connectivity index (χ4n) is 0.0559. The Bertz CT molecular complexity index is 204. The average Bonchev–Trinajstić information content (AvgIpc) is 2.21. The zero-order valence-electron chi connectivity index (χ0n) is 9.92. The van der Waals surface area contributed by atoms with Crippen LogP contribution in [0.1, 0.15) is 27.7 Å². The predicted octanol–water partition coefficient (Wildman–Crippen LogP) is 1.74. The molecule has 0 radical (unpaired) electrons. The molecule has 0 atom stereocenters. The summed E-state index contributed by atoms with van der Waals surface area (Å²) >= 11 is 0. The minimum atomic E-state index is -0.361. The highest BCUT2D eigenvalue weighted by molar-refractivity contribution is 5.78. The quantitative estimate of drug-likeness (QED) is 0.649. The van der Waals surface area contributed by atoms with E-state index in [0.29, 0.717) is 0 Å². The van der Waals surface area contributed by atoms with Gasteiger partial charge in [0.2, 0.25) is 0 Å². The van der Waals surface area contributed by atoms with Crippen molar-refractivity contribution in [3.63, 3.8) is 0 Å². The molecule has 0 aromatic heterocycles. The number of nitriles is 2. The van der Waals surface area contributed by atoms with Crippen molar-refractivity contribution in [2.75, 3.05) is 14.1 Å². The fraction of sp³-hybridized carbons (Fsp3) is 0.700. The zero-order valence-corrected chi connectivity index (χ0v) is 9.92. The molecule has 0 amide bonds. The lowest BCUT2D eigenvalue weighted by atomic mass is 10.1. The van der Waals surface area contributed by atoms with Crippen LogP contribution in [-0.4, -0.2) is 25.3 Å². The molecule has 0 unspecified atom stereocenters. The van der Waals surface area contributed by atoms with E-state index >= 15 is 0 Å². The number of rotatable bonds is 1. The van der Waals surface area contributed by atoms with Gasteiger partial charge in [-0.15, -0.1) is 0 Å². The third kappa shape index (κ3) is 22.4. The molecular formula is C10H20N4. The van der Waals surface area contributed by atoms with E-state index in [1.54, 1.807) is 14.1 Å². The number of hydrogen-bond acceptors (Lipinski definition) is 4. The third-order valence-corrected chi connectivity index (χ3v) is 1.35. The number of nitrogens with one attached hydrogen (secondary N) is 1. The van der Waals surface area contributed by atoms with Crippen molar-refractivity contribution in [1.29, 1.82) is 10.5 Å². The van der Waals surface area contributed by atoms with Crippen molar-refractivity contribution < 1.29 is 0 Å². The molecule has 0 rings (SSSR count). The van der Waals surface area contributed by atoms with Gasteiger partial charge in [-0.2, -0.15) is 5.26 Å². The number of nitrogens with zero attached hydrogens (tertiary/aromatic N) is 3. The van der Waals surface area contributed by atoms with Crippen LogP contribution in [0.2, 0.25) is 0 Å². The smallest absolute Gasteiger partial charge is 0.100 e. The van der Waals surface area contributed by atoms with Crippen LogP contribution in [0.4, 0.5) is 0 Å². The first-order valence-corrected chi connectivity index (χ1v) is 4.15. The van der Waals surface area contributed by atoms with E-state index in [1.807, 2.05) is 27.7 Å². The summed E-state index contributed by atoms with van der Waals surface area (Å²) in [7, 11) is 3.55. The molecule has 4 nitrogen and oxygen atoms in total. The molecule has 0 aliphatic heterocycles. The van der Waals surface area contributed by atoms with Gasteiger partial charge >= 0.3 is 0 Å². The molecule has 0 heterocycles. The summed E-state index contributed by atoms with van der Waals surface area (Å²) in [6, 6.07) is 2.08. The average molecular weight is 196 g/mol. The Hall–Kier alpha value is -1.39. The SMILES string of the molecule is C#N.CN=C(C)C.CNC(C)(C)C#N. The molecule has 0 saturated heterocycles. The van der Waals surface area contributed by atoms with Crippen LogP contribution in [-0.2, 0) is 0 Å². The van der Waals surface area contributed by atoms with E-state index in [1.165, 1.54) is 0 Å². The third-order valence-electron chi connectivity index (χ3n) is 1.35. The second-order valence-electron chi connectivity index (χ2n) is 3.16. The largest absolute Gasteiger partial charge is 0.303 e. The zero-order chi connectivity index (χ0) is 12.2. The molecule has 0 aromatic rings. The molecule has 0 aromatic carbocycles. The van der Waals surface area contributed by atoms with Gasteiger partial charge in [-0.1, -0.05) is 0 Å². The van der Waals surface area contributed by atoms with Crippen molar-refractivity contribution in [2.45, 2.75) is 33.2 Å². The van der Waals surface area contributed by atoms with E-state index < -0.39 is 0 Å². The monoisotopic (exact) mass is 196 g/mol. The van der Waals surface area contributed by atoms with Gasteiger partial charge in [0, 0.05) is 19.3 Å². The van der Waals surface area contributed by atoms with Crippen LogP contribution in [0.5, 0.6) is 0 Å². The molecule has 0 spiro atoms. The van der Waals surface area contributed by atoms with Crippen LogP contribution in [0.25, 0.3) is 0 Å². The summed E-state index contributed by atoms with van der Waals surface area (Å²) < 4.78 is 0. The van der Waals surface area contributed by atoms with E-state index in [-0.39, 0.29) is 5.54 Å². The van der Waals surface area contributed by atoms with Crippen molar-refractivity contribution in [3.05, 3.63) is 0 Å². The molecular weight excluding hydrogens is 176 g/mol. The summed E-state index contributed by atoms with van der Waals surface area (Å²) in [5.41, 5.74) is 0.769. The molecule has 0 aliphatic rings. The van der Waals surface area contributed by atoms with E-state index in [2.05, 4.69) is 23.0 Å². The van der Waals surface area contributed by atoms with Gasteiger partial charge < -0.3 is 5.32 Å². The number of aliphatic imine (C=N–C) groups is 1. The second-order valence-corrected chi connectivity index (χ2v) is 3.16. The highest BCUT2D eigenvalue weighted by Crippen LogP contribution is 1.94. The Balaban J connectivity index is -0.000000152. The van der Waals surface area contributed by atoms with Crippen LogP contribution < -0.4 is 5.32 Å². The van der Waals surface area contributed by atoms with Crippen LogP contribution >= 0.6 is 0 Å². The van der Waals surface area contributed by atoms with Crippen molar-refractivity contribution in [2.24, 2.45) is 4.99 Å². The Morgan fingerprint density at radius 3 is 1.64 bits per heavy atom. The van der Waals surface area contributed by atoms with Gasteiger partial charge in [-0.25, -0.2) is 5.26 Å². The first-order valence-electron chi connectivity index (χ1n) is 4.15.